The molecular weight excluding hydrogens is 362 g/mol. The number of rotatable bonds is 6. The van der Waals surface area contributed by atoms with E-state index in [9.17, 15) is 14.7 Å². The highest BCUT2D eigenvalue weighted by Crippen LogP contribution is 2.47. The molecule has 28 heavy (non-hydrogen) atoms. The van der Waals surface area contributed by atoms with Crippen LogP contribution in [0.25, 0.3) is 0 Å². The maximum Gasteiger partial charge on any atom is 0.238 e. The molecule has 1 saturated heterocycles. The van der Waals surface area contributed by atoms with Gasteiger partial charge in [0.15, 0.2) is 0 Å². The van der Waals surface area contributed by atoms with Crippen LogP contribution in [0.15, 0.2) is 18.2 Å². The Labute approximate surface area is 165 Å². The largest absolute Gasteiger partial charge is 0.487 e. The lowest BCUT2D eigenvalue weighted by Crippen LogP contribution is -2.47. The maximum atomic E-state index is 12.1. The van der Waals surface area contributed by atoms with E-state index in [-0.39, 0.29) is 43.0 Å². The van der Waals surface area contributed by atoms with E-state index < -0.39 is 6.10 Å². The fraction of sp³-hybridized carbons (Fsp3) is 0.600. The zero-order valence-electron chi connectivity index (χ0n) is 16.8. The van der Waals surface area contributed by atoms with E-state index in [0.29, 0.717) is 18.7 Å². The van der Waals surface area contributed by atoms with Gasteiger partial charge in [0.1, 0.15) is 18.0 Å². The lowest BCUT2D eigenvalue weighted by molar-refractivity contribution is -0.147. The highest BCUT2D eigenvalue weighted by Gasteiger charge is 2.46. The number of likely N-dealkylation sites (N-methyl/N-ethyl adjacent to an activating group) is 1. The summed E-state index contributed by atoms with van der Waals surface area (Å²) in [7, 11) is 7.11. The van der Waals surface area contributed by atoms with Gasteiger partial charge in [0.2, 0.25) is 11.8 Å². The summed E-state index contributed by atoms with van der Waals surface area (Å²) in [4.78, 5) is 27.5. The number of aliphatic hydroxyl groups excluding tert-OH is 1. The SMILES string of the molecule is CN(C)CC(=O)Nc1ccc2c(c1)[C@H]1C[C@@H](CC(=O)N(C)C)O[C@@H](CO)[C@H]1O2. The second kappa shape index (κ2) is 8.46. The first-order valence-corrected chi connectivity index (χ1v) is 9.50. The van der Waals surface area contributed by atoms with Crippen LogP contribution in [0.3, 0.4) is 0 Å². The first kappa shape index (κ1) is 20.6. The molecule has 2 amide bonds. The minimum absolute atomic E-state index is 0.00608. The van der Waals surface area contributed by atoms with Crippen LogP contribution in [-0.2, 0) is 14.3 Å². The van der Waals surface area contributed by atoms with E-state index in [2.05, 4.69) is 5.32 Å². The summed E-state index contributed by atoms with van der Waals surface area (Å²) < 4.78 is 12.0. The van der Waals surface area contributed by atoms with E-state index in [1.807, 2.05) is 32.3 Å². The molecule has 1 aromatic rings. The van der Waals surface area contributed by atoms with Crippen LogP contribution in [0.2, 0.25) is 0 Å². The number of nitrogens with zero attached hydrogens (tertiary/aromatic N) is 2. The van der Waals surface area contributed by atoms with Crippen molar-refractivity contribution < 1.29 is 24.2 Å². The van der Waals surface area contributed by atoms with E-state index >= 15 is 0 Å². The number of benzene rings is 1. The second-order valence-electron chi connectivity index (χ2n) is 7.93. The lowest BCUT2D eigenvalue weighted by atomic mass is 9.84. The molecule has 2 aliphatic heterocycles. The van der Waals surface area contributed by atoms with Crippen LogP contribution in [0.1, 0.15) is 24.3 Å². The third-order valence-corrected chi connectivity index (χ3v) is 5.14. The predicted molar refractivity (Wildman–Crippen MR) is 104 cm³/mol. The number of nitrogens with one attached hydrogen (secondary N) is 1. The molecule has 154 valence electrons. The van der Waals surface area contributed by atoms with E-state index in [0.717, 1.165) is 11.3 Å². The number of amides is 2. The molecule has 0 aromatic heterocycles. The molecule has 8 heteroatoms. The topological polar surface area (TPSA) is 91.3 Å². The molecule has 0 spiro atoms. The van der Waals surface area contributed by atoms with Gasteiger partial charge in [-0.3, -0.25) is 9.59 Å². The van der Waals surface area contributed by atoms with Gasteiger partial charge in [0.05, 0.1) is 25.7 Å². The van der Waals surface area contributed by atoms with Crippen molar-refractivity contribution in [2.75, 3.05) is 46.7 Å². The first-order chi connectivity index (χ1) is 13.3. The normalized spacial score (nSPS) is 25.6. The van der Waals surface area contributed by atoms with Gasteiger partial charge in [-0.05, 0) is 38.7 Å². The number of anilines is 1. The Kier molecular flexibility index (Phi) is 6.22. The fourth-order valence-electron chi connectivity index (χ4n) is 3.83. The van der Waals surface area contributed by atoms with Crippen molar-refractivity contribution >= 4 is 17.5 Å². The van der Waals surface area contributed by atoms with Crippen LogP contribution in [0, 0.1) is 0 Å². The van der Waals surface area contributed by atoms with Crippen molar-refractivity contribution in [1.82, 2.24) is 9.80 Å². The van der Waals surface area contributed by atoms with Crippen molar-refractivity contribution in [3.8, 4) is 5.75 Å². The van der Waals surface area contributed by atoms with Crippen molar-refractivity contribution in [3.05, 3.63) is 23.8 Å². The van der Waals surface area contributed by atoms with Crippen LogP contribution in [-0.4, -0.2) is 86.4 Å². The molecule has 0 unspecified atom stereocenters. The molecular formula is C20H29N3O5. The monoisotopic (exact) mass is 391 g/mol. The minimum Gasteiger partial charge on any atom is -0.487 e. The van der Waals surface area contributed by atoms with E-state index in [1.54, 1.807) is 23.9 Å². The Morgan fingerprint density at radius 1 is 1.25 bits per heavy atom. The summed E-state index contributed by atoms with van der Waals surface area (Å²) in [6.07, 6.45) is -0.171. The molecule has 0 radical (unpaired) electrons. The summed E-state index contributed by atoms with van der Waals surface area (Å²) >= 11 is 0. The number of carbonyl (C=O) groups excluding carboxylic acids is 2. The first-order valence-electron chi connectivity index (χ1n) is 9.50. The van der Waals surface area contributed by atoms with Crippen molar-refractivity contribution in [2.45, 2.75) is 37.1 Å². The van der Waals surface area contributed by atoms with Crippen molar-refractivity contribution in [2.24, 2.45) is 0 Å². The number of carbonyl (C=O) groups is 2. The zero-order valence-corrected chi connectivity index (χ0v) is 16.8. The Morgan fingerprint density at radius 3 is 2.64 bits per heavy atom. The maximum absolute atomic E-state index is 12.1. The van der Waals surface area contributed by atoms with Crippen LogP contribution >= 0.6 is 0 Å². The Bertz CT molecular complexity index is 737. The molecule has 2 heterocycles. The fourth-order valence-corrected chi connectivity index (χ4v) is 3.83. The average molecular weight is 391 g/mol. The standard InChI is InChI=1S/C20H29N3O5/c1-22(2)10-18(25)21-12-5-6-16-14(7-12)15-8-13(9-19(26)23(3)4)27-17(11-24)20(15)28-16/h5-7,13,15,17,20,24H,8-11H2,1-4H3,(H,21,25)/t13-,15+,17-,20-/m0/s1. The number of hydrogen-bond acceptors (Lipinski definition) is 6. The molecule has 1 fully saturated rings. The summed E-state index contributed by atoms with van der Waals surface area (Å²) in [6, 6.07) is 5.58. The molecule has 8 nitrogen and oxygen atoms in total. The third kappa shape index (κ3) is 4.45. The van der Waals surface area contributed by atoms with Gasteiger partial charge in [-0.2, -0.15) is 0 Å². The van der Waals surface area contributed by atoms with Crippen LogP contribution in [0.5, 0.6) is 5.75 Å². The van der Waals surface area contributed by atoms with Gasteiger partial charge in [-0.1, -0.05) is 0 Å². The molecule has 2 N–H and O–H groups in total. The Morgan fingerprint density at radius 2 is 2.00 bits per heavy atom. The Hall–Kier alpha value is -2.16. The predicted octanol–water partition coefficient (Wildman–Crippen LogP) is 0.659. The van der Waals surface area contributed by atoms with Gasteiger partial charge < -0.3 is 29.7 Å². The molecule has 3 rings (SSSR count). The number of fused-ring (bicyclic) bond motifs is 3. The average Bonchev–Trinajstić information content (AvgIpc) is 2.98. The number of aliphatic hydroxyl groups is 1. The quantitative estimate of drug-likeness (QED) is 0.740. The minimum atomic E-state index is -0.488. The lowest BCUT2D eigenvalue weighted by Gasteiger charge is -2.37. The van der Waals surface area contributed by atoms with Gasteiger partial charge in [0.25, 0.3) is 0 Å². The summed E-state index contributed by atoms with van der Waals surface area (Å²) in [6.45, 7) is 0.128. The molecule has 4 atom stereocenters. The van der Waals surface area contributed by atoms with Gasteiger partial charge in [0, 0.05) is 31.3 Å². The molecule has 0 saturated carbocycles. The van der Waals surface area contributed by atoms with Gasteiger partial charge in [-0.25, -0.2) is 0 Å². The smallest absolute Gasteiger partial charge is 0.238 e. The molecule has 1 aromatic carbocycles. The van der Waals surface area contributed by atoms with Crippen LogP contribution < -0.4 is 10.1 Å². The second-order valence-corrected chi connectivity index (χ2v) is 7.93. The number of ether oxygens (including phenoxy) is 2. The Balaban J connectivity index is 1.78. The zero-order chi connectivity index (χ0) is 20.4. The molecule has 0 aliphatic carbocycles. The highest BCUT2D eigenvalue weighted by atomic mass is 16.6. The van der Waals surface area contributed by atoms with Crippen LogP contribution in [0.4, 0.5) is 5.69 Å². The summed E-state index contributed by atoms with van der Waals surface area (Å²) in [5.41, 5.74) is 1.69. The van der Waals surface area contributed by atoms with E-state index in [1.165, 1.54) is 0 Å². The summed E-state index contributed by atoms with van der Waals surface area (Å²) in [5.74, 6) is 0.646. The number of hydrogen-bond donors (Lipinski definition) is 2. The highest BCUT2D eigenvalue weighted by molar-refractivity contribution is 5.92. The molecule has 0 bridgehead atoms. The van der Waals surface area contributed by atoms with Gasteiger partial charge >= 0.3 is 0 Å². The van der Waals surface area contributed by atoms with Crippen molar-refractivity contribution in [3.63, 3.8) is 0 Å². The van der Waals surface area contributed by atoms with Gasteiger partial charge in [-0.15, -0.1) is 0 Å². The molecule has 2 aliphatic rings. The van der Waals surface area contributed by atoms with E-state index in [4.69, 9.17) is 9.47 Å². The summed E-state index contributed by atoms with van der Waals surface area (Å²) in [5, 5.41) is 12.7. The van der Waals surface area contributed by atoms with Crippen molar-refractivity contribution in [1.29, 1.82) is 0 Å². The third-order valence-electron chi connectivity index (χ3n) is 5.14.